The fourth-order valence-corrected chi connectivity index (χ4v) is 3.92. The number of rotatable bonds is 6. The van der Waals surface area contributed by atoms with Crippen molar-refractivity contribution in [1.29, 1.82) is 5.26 Å². The fourth-order valence-electron chi connectivity index (χ4n) is 3.92. The lowest BCUT2D eigenvalue weighted by atomic mass is 9.67. The number of carbonyl (C=O) groups is 2. The van der Waals surface area contributed by atoms with Gasteiger partial charge < -0.3 is 9.47 Å². The SMILES string of the molecule is C=C1C(=O)O[C@@H](C2CCCCC2)[C@]1(CCCC#N)C(=O)OCC. The van der Waals surface area contributed by atoms with Crippen molar-refractivity contribution in [3.63, 3.8) is 0 Å². The van der Waals surface area contributed by atoms with Crippen molar-refractivity contribution in [2.45, 2.75) is 64.4 Å². The largest absolute Gasteiger partial charge is 0.465 e. The Morgan fingerprint density at radius 1 is 1.43 bits per heavy atom. The minimum absolute atomic E-state index is 0.165. The van der Waals surface area contributed by atoms with E-state index in [1.807, 2.05) is 0 Å². The van der Waals surface area contributed by atoms with Crippen molar-refractivity contribution < 1.29 is 19.1 Å². The molecule has 5 heteroatoms. The Kier molecular flexibility index (Phi) is 5.81. The molecule has 0 aromatic rings. The Labute approximate surface area is 137 Å². The van der Waals surface area contributed by atoms with Gasteiger partial charge in [0.1, 0.15) is 11.5 Å². The molecule has 1 aliphatic carbocycles. The molecular weight excluding hydrogens is 294 g/mol. The van der Waals surface area contributed by atoms with Crippen LogP contribution >= 0.6 is 0 Å². The number of hydrogen-bond acceptors (Lipinski definition) is 5. The van der Waals surface area contributed by atoms with Crippen LogP contribution in [-0.4, -0.2) is 24.6 Å². The second kappa shape index (κ2) is 7.63. The minimum Gasteiger partial charge on any atom is -0.465 e. The summed E-state index contributed by atoms with van der Waals surface area (Å²) in [6.45, 7) is 5.85. The van der Waals surface area contributed by atoms with E-state index in [2.05, 4.69) is 12.6 Å². The Morgan fingerprint density at radius 2 is 2.13 bits per heavy atom. The highest BCUT2D eigenvalue weighted by molar-refractivity contribution is 6.01. The van der Waals surface area contributed by atoms with Gasteiger partial charge in [0.05, 0.1) is 18.2 Å². The van der Waals surface area contributed by atoms with Crippen LogP contribution in [0.25, 0.3) is 0 Å². The number of esters is 2. The number of unbranched alkanes of at least 4 members (excludes halogenated alkanes) is 1. The van der Waals surface area contributed by atoms with E-state index in [9.17, 15) is 9.59 Å². The van der Waals surface area contributed by atoms with E-state index in [1.54, 1.807) is 6.92 Å². The molecule has 2 rings (SSSR count). The Hall–Kier alpha value is -1.83. The van der Waals surface area contributed by atoms with Crippen LogP contribution in [0.15, 0.2) is 12.2 Å². The van der Waals surface area contributed by atoms with Gasteiger partial charge in [-0.1, -0.05) is 25.8 Å². The Morgan fingerprint density at radius 3 is 2.74 bits per heavy atom. The van der Waals surface area contributed by atoms with Gasteiger partial charge in [0, 0.05) is 6.42 Å². The van der Waals surface area contributed by atoms with E-state index in [1.165, 1.54) is 6.42 Å². The summed E-state index contributed by atoms with van der Waals surface area (Å²) in [7, 11) is 0. The number of nitrogens with zero attached hydrogens (tertiary/aromatic N) is 1. The summed E-state index contributed by atoms with van der Waals surface area (Å²) in [5.41, 5.74) is -0.921. The highest BCUT2D eigenvalue weighted by Crippen LogP contribution is 2.50. The lowest BCUT2D eigenvalue weighted by Crippen LogP contribution is -2.45. The van der Waals surface area contributed by atoms with Crippen LogP contribution in [0.5, 0.6) is 0 Å². The normalized spacial score (nSPS) is 28.3. The predicted molar refractivity (Wildman–Crippen MR) is 84.1 cm³/mol. The molecule has 0 amide bonds. The maximum Gasteiger partial charge on any atom is 0.335 e. The molecule has 1 heterocycles. The van der Waals surface area contributed by atoms with Gasteiger partial charge in [-0.15, -0.1) is 0 Å². The molecule has 0 aromatic carbocycles. The predicted octanol–water partition coefficient (Wildman–Crippen LogP) is 3.29. The summed E-state index contributed by atoms with van der Waals surface area (Å²) < 4.78 is 10.9. The molecule has 0 spiro atoms. The Balaban J connectivity index is 2.34. The first kappa shape index (κ1) is 17.5. The second-order valence-electron chi connectivity index (χ2n) is 6.41. The molecule has 126 valence electrons. The van der Waals surface area contributed by atoms with Gasteiger partial charge in [-0.3, -0.25) is 4.79 Å². The van der Waals surface area contributed by atoms with Crippen molar-refractivity contribution in [3.05, 3.63) is 12.2 Å². The average Bonchev–Trinajstić information content (AvgIpc) is 2.82. The van der Waals surface area contributed by atoms with Gasteiger partial charge in [-0.05, 0) is 38.5 Å². The van der Waals surface area contributed by atoms with Gasteiger partial charge in [0.15, 0.2) is 0 Å². The number of hydrogen-bond donors (Lipinski definition) is 0. The first-order valence-corrected chi connectivity index (χ1v) is 8.52. The van der Waals surface area contributed by atoms with E-state index < -0.39 is 23.5 Å². The van der Waals surface area contributed by atoms with Gasteiger partial charge in [0.25, 0.3) is 0 Å². The van der Waals surface area contributed by atoms with Crippen molar-refractivity contribution in [3.8, 4) is 6.07 Å². The van der Waals surface area contributed by atoms with E-state index in [-0.39, 0.29) is 18.1 Å². The molecule has 0 bridgehead atoms. The summed E-state index contributed by atoms with van der Waals surface area (Å²) in [6.07, 6.45) is 5.98. The smallest absolute Gasteiger partial charge is 0.335 e. The topological polar surface area (TPSA) is 76.4 Å². The molecule has 1 saturated carbocycles. The summed E-state index contributed by atoms with van der Waals surface area (Å²) in [5.74, 6) is -0.756. The third-order valence-electron chi connectivity index (χ3n) is 5.08. The number of cyclic esters (lactones) is 1. The van der Waals surface area contributed by atoms with Gasteiger partial charge in [-0.25, -0.2) is 4.79 Å². The molecule has 1 saturated heterocycles. The van der Waals surface area contributed by atoms with Crippen LogP contribution < -0.4 is 0 Å². The average molecular weight is 319 g/mol. The summed E-state index contributed by atoms with van der Waals surface area (Å²) in [4.78, 5) is 25.0. The summed E-state index contributed by atoms with van der Waals surface area (Å²) in [5, 5.41) is 8.81. The van der Waals surface area contributed by atoms with Gasteiger partial charge in [0.2, 0.25) is 0 Å². The van der Waals surface area contributed by atoms with Crippen LogP contribution in [-0.2, 0) is 19.1 Å². The van der Waals surface area contributed by atoms with Crippen LogP contribution in [0.1, 0.15) is 58.3 Å². The highest BCUT2D eigenvalue weighted by atomic mass is 16.6. The van der Waals surface area contributed by atoms with E-state index in [0.29, 0.717) is 19.3 Å². The number of carbonyl (C=O) groups excluding carboxylic acids is 2. The maximum absolute atomic E-state index is 12.8. The highest BCUT2D eigenvalue weighted by Gasteiger charge is 2.60. The molecule has 5 nitrogen and oxygen atoms in total. The van der Waals surface area contributed by atoms with Crippen LogP contribution in [0.3, 0.4) is 0 Å². The quantitative estimate of drug-likeness (QED) is 0.426. The zero-order valence-electron chi connectivity index (χ0n) is 13.8. The molecule has 0 aromatic heterocycles. The third-order valence-corrected chi connectivity index (χ3v) is 5.08. The zero-order chi connectivity index (χ0) is 16.9. The minimum atomic E-state index is -1.12. The molecular formula is C18H25NO4. The zero-order valence-corrected chi connectivity index (χ0v) is 13.8. The van der Waals surface area contributed by atoms with E-state index >= 15 is 0 Å². The molecule has 2 aliphatic rings. The summed E-state index contributed by atoms with van der Waals surface area (Å²) >= 11 is 0. The van der Waals surface area contributed by atoms with E-state index in [0.717, 1.165) is 25.7 Å². The molecule has 2 atom stereocenters. The molecule has 0 N–H and O–H groups in total. The Bertz CT molecular complexity index is 516. The van der Waals surface area contributed by atoms with Crippen LogP contribution in [0.2, 0.25) is 0 Å². The van der Waals surface area contributed by atoms with Crippen molar-refractivity contribution in [1.82, 2.24) is 0 Å². The second-order valence-corrected chi connectivity index (χ2v) is 6.41. The lowest BCUT2D eigenvalue weighted by molar-refractivity contribution is -0.161. The first-order valence-electron chi connectivity index (χ1n) is 8.52. The number of nitriles is 1. The lowest BCUT2D eigenvalue weighted by Gasteiger charge is -2.37. The number of ether oxygens (including phenoxy) is 2. The van der Waals surface area contributed by atoms with Crippen molar-refractivity contribution in [2.24, 2.45) is 11.3 Å². The van der Waals surface area contributed by atoms with Crippen LogP contribution in [0, 0.1) is 22.7 Å². The van der Waals surface area contributed by atoms with E-state index in [4.69, 9.17) is 14.7 Å². The van der Waals surface area contributed by atoms with Crippen molar-refractivity contribution >= 4 is 11.9 Å². The monoisotopic (exact) mass is 319 g/mol. The fraction of sp³-hybridized carbons (Fsp3) is 0.722. The maximum atomic E-state index is 12.8. The van der Waals surface area contributed by atoms with Crippen LogP contribution in [0.4, 0.5) is 0 Å². The summed E-state index contributed by atoms with van der Waals surface area (Å²) in [6, 6.07) is 2.09. The molecule has 0 unspecified atom stereocenters. The molecule has 2 fully saturated rings. The molecule has 0 radical (unpaired) electrons. The standard InChI is InChI=1S/C18H25NO4/c1-3-22-17(21)18(11-7-8-12-19)13(2)16(20)23-15(18)14-9-5-4-6-10-14/h14-15H,2-11H2,1H3/t15-,18+/m0/s1. The van der Waals surface area contributed by atoms with Crippen molar-refractivity contribution in [2.75, 3.05) is 6.61 Å². The van der Waals surface area contributed by atoms with Gasteiger partial charge in [-0.2, -0.15) is 5.26 Å². The third kappa shape index (κ3) is 3.26. The first-order chi connectivity index (χ1) is 11.1. The molecule has 23 heavy (non-hydrogen) atoms. The molecule has 1 aliphatic heterocycles. The van der Waals surface area contributed by atoms with Gasteiger partial charge >= 0.3 is 11.9 Å².